The van der Waals surface area contributed by atoms with E-state index in [-0.39, 0.29) is 17.2 Å². The first-order valence-corrected chi connectivity index (χ1v) is 6.77. The third kappa shape index (κ3) is 4.29. The minimum Gasteiger partial charge on any atom is -0.504 e. The number of rotatable bonds is 4. The molecular weight excluding hydrogens is 317 g/mol. The molecule has 0 unspecified atom stereocenters. The molecular formula is C16H14FN3O4. The van der Waals surface area contributed by atoms with Crippen molar-refractivity contribution in [2.24, 2.45) is 5.10 Å². The fraction of sp³-hybridized carbons (Fsp3) is 0.0625. The highest BCUT2D eigenvalue weighted by Gasteiger charge is 2.14. The number of para-hydroxylation sites is 1. The van der Waals surface area contributed by atoms with E-state index in [1.165, 1.54) is 49.7 Å². The highest BCUT2D eigenvalue weighted by atomic mass is 19.1. The first kappa shape index (κ1) is 16.9. The van der Waals surface area contributed by atoms with E-state index in [0.717, 1.165) is 6.07 Å². The number of carbonyl (C=O) groups excluding carboxylic acids is 2. The molecule has 0 aliphatic carbocycles. The number of phenolic OH excluding ortho intramolecular Hbond substituents is 1. The van der Waals surface area contributed by atoms with E-state index in [1.54, 1.807) is 0 Å². The molecule has 3 N–H and O–H groups in total. The van der Waals surface area contributed by atoms with Gasteiger partial charge in [0.05, 0.1) is 19.0 Å². The Hall–Kier alpha value is -3.42. The summed E-state index contributed by atoms with van der Waals surface area (Å²) < 4.78 is 18.3. The standard InChI is InChI=1S/C16H14FN3O4/c1-24-14-8-10(6-7-13(14)21)9-18-20-16(23)15(22)19-12-5-3-2-4-11(12)17/h2-9,21H,1H3,(H,19,22)(H,20,23)/b18-9+. The number of nitrogens with zero attached hydrogens (tertiary/aromatic N) is 1. The summed E-state index contributed by atoms with van der Waals surface area (Å²) in [5, 5.41) is 15.2. The molecule has 0 aliphatic rings. The van der Waals surface area contributed by atoms with Crippen molar-refractivity contribution in [3.63, 3.8) is 0 Å². The Morgan fingerprint density at radius 3 is 2.67 bits per heavy atom. The highest BCUT2D eigenvalue weighted by molar-refractivity contribution is 6.39. The summed E-state index contributed by atoms with van der Waals surface area (Å²) in [5.41, 5.74) is 2.44. The van der Waals surface area contributed by atoms with Crippen molar-refractivity contribution < 1.29 is 23.8 Å². The quantitative estimate of drug-likeness (QED) is 0.450. The Kier molecular flexibility index (Phi) is 5.45. The van der Waals surface area contributed by atoms with Crippen LogP contribution in [0.5, 0.6) is 11.5 Å². The van der Waals surface area contributed by atoms with Crippen molar-refractivity contribution in [3.05, 3.63) is 53.8 Å². The summed E-state index contributed by atoms with van der Waals surface area (Å²) in [4.78, 5) is 23.2. The van der Waals surface area contributed by atoms with Crippen molar-refractivity contribution >= 4 is 23.7 Å². The zero-order valence-corrected chi connectivity index (χ0v) is 12.6. The smallest absolute Gasteiger partial charge is 0.329 e. The normalized spacial score (nSPS) is 10.4. The molecule has 8 heteroatoms. The molecule has 0 aromatic heterocycles. The van der Waals surface area contributed by atoms with Crippen LogP contribution in [0.4, 0.5) is 10.1 Å². The Morgan fingerprint density at radius 1 is 1.21 bits per heavy atom. The summed E-state index contributed by atoms with van der Waals surface area (Å²) in [5.74, 6) is -2.57. The molecule has 0 spiro atoms. The van der Waals surface area contributed by atoms with Gasteiger partial charge in [-0.05, 0) is 35.9 Å². The number of hydrogen-bond donors (Lipinski definition) is 3. The second-order valence-electron chi connectivity index (χ2n) is 4.56. The van der Waals surface area contributed by atoms with E-state index in [1.807, 2.05) is 5.43 Å². The summed E-state index contributed by atoms with van der Waals surface area (Å²) >= 11 is 0. The van der Waals surface area contributed by atoms with E-state index >= 15 is 0 Å². The van der Waals surface area contributed by atoms with Gasteiger partial charge in [0.2, 0.25) is 0 Å². The number of anilines is 1. The molecule has 0 heterocycles. The number of aromatic hydroxyl groups is 1. The second kappa shape index (κ2) is 7.73. The molecule has 0 aliphatic heterocycles. The number of benzene rings is 2. The lowest BCUT2D eigenvalue weighted by atomic mass is 10.2. The molecule has 0 saturated heterocycles. The van der Waals surface area contributed by atoms with E-state index in [4.69, 9.17) is 4.74 Å². The largest absolute Gasteiger partial charge is 0.504 e. The Balaban J connectivity index is 1.95. The van der Waals surface area contributed by atoms with Crippen molar-refractivity contribution in [2.45, 2.75) is 0 Å². The monoisotopic (exact) mass is 331 g/mol. The van der Waals surface area contributed by atoms with Crippen LogP contribution in [0.3, 0.4) is 0 Å². The Morgan fingerprint density at radius 2 is 1.96 bits per heavy atom. The molecule has 2 aromatic carbocycles. The van der Waals surface area contributed by atoms with Gasteiger partial charge in [-0.1, -0.05) is 12.1 Å². The fourth-order valence-electron chi connectivity index (χ4n) is 1.73. The van der Waals surface area contributed by atoms with Crippen LogP contribution in [0.1, 0.15) is 5.56 Å². The lowest BCUT2D eigenvalue weighted by Gasteiger charge is -2.05. The van der Waals surface area contributed by atoms with Gasteiger partial charge in [-0.25, -0.2) is 9.82 Å². The van der Waals surface area contributed by atoms with Crippen molar-refractivity contribution in [2.75, 3.05) is 12.4 Å². The van der Waals surface area contributed by atoms with E-state index in [9.17, 15) is 19.1 Å². The maximum atomic E-state index is 13.4. The van der Waals surface area contributed by atoms with Crippen LogP contribution < -0.4 is 15.5 Å². The van der Waals surface area contributed by atoms with Gasteiger partial charge in [0, 0.05) is 0 Å². The van der Waals surface area contributed by atoms with Crippen LogP contribution in [0, 0.1) is 5.82 Å². The van der Waals surface area contributed by atoms with Gasteiger partial charge in [0.25, 0.3) is 0 Å². The molecule has 7 nitrogen and oxygen atoms in total. The molecule has 124 valence electrons. The third-order valence-electron chi connectivity index (χ3n) is 2.91. The maximum Gasteiger partial charge on any atom is 0.329 e. The van der Waals surface area contributed by atoms with E-state index in [0.29, 0.717) is 5.56 Å². The van der Waals surface area contributed by atoms with Crippen molar-refractivity contribution in [1.29, 1.82) is 0 Å². The minimum absolute atomic E-state index is 0.0389. The zero-order valence-electron chi connectivity index (χ0n) is 12.6. The number of amides is 2. The lowest BCUT2D eigenvalue weighted by molar-refractivity contribution is -0.136. The predicted octanol–water partition coefficient (Wildman–Crippen LogP) is 1.63. The van der Waals surface area contributed by atoms with Gasteiger partial charge in [0.1, 0.15) is 5.82 Å². The first-order valence-electron chi connectivity index (χ1n) is 6.77. The van der Waals surface area contributed by atoms with Crippen LogP contribution in [0.25, 0.3) is 0 Å². The van der Waals surface area contributed by atoms with Crippen LogP contribution >= 0.6 is 0 Å². The fourth-order valence-corrected chi connectivity index (χ4v) is 1.73. The van der Waals surface area contributed by atoms with Crippen LogP contribution in [-0.2, 0) is 9.59 Å². The molecule has 0 radical (unpaired) electrons. The van der Waals surface area contributed by atoms with Gasteiger partial charge >= 0.3 is 11.8 Å². The second-order valence-corrected chi connectivity index (χ2v) is 4.56. The topological polar surface area (TPSA) is 100 Å². The number of carbonyl (C=O) groups is 2. The molecule has 2 rings (SSSR count). The summed E-state index contributed by atoms with van der Waals surface area (Å²) in [7, 11) is 1.39. The SMILES string of the molecule is COc1cc(/C=N/NC(=O)C(=O)Nc2ccccc2F)ccc1O. The van der Waals surface area contributed by atoms with Gasteiger partial charge in [-0.3, -0.25) is 9.59 Å². The third-order valence-corrected chi connectivity index (χ3v) is 2.91. The number of hydrazone groups is 1. The number of phenols is 1. The minimum atomic E-state index is -1.06. The first-order chi connectivity index (χ1) is 11.5. The number of ether oxygens (including phenoxy) is 1. The van der Waals surface area contributed by atoms with Gasteiger partial charge in [0.15, 0.2) is 11.5 Å². The summed E-state index contributed by atoms with van der Waals surface area (Å²) in [6.45, 7) is 0. The highest BCUT2D eigenvalue weighted by Crippen LogP contribution is 2.25. The van der Waals surface area contributed by atoms with E-state index < -0.39 is 17.6 Å². The van der Waals surface area contributed by atoms with Crippen molar-refractivity contribution in [1.82, 2.24) is 5.43 Å². The Labute approximate surface area is 136 Å². The molecule has 2 aromatic rings. The van der Waals surface area contributed by atoms with Gasteiger partial charge in [-0.15, -0.1) is 0 Å². The van der Waals surface area contributed by atoms with E-state index in [2.05, 4.69) is 10.4 Å². The summed E-state index contributed by atoms with van der Waals surface area (Å²) in [6, 6.07) is 9.88. The van der Waals surface area contributed by atoms with Crippen LogP contribution in [-0.4, -0.2) is 30.2 Å². The lowest BCUT2D eigenvalue weighted by Crippen LogP contribution is -2.32. The average molecular weight is 331 g/mol. The number of hydrogen-bond acceptors (Lipinski definition) is 5. The molecule has 0 fully saturated rings. The zero-order chi connectivity index (χ0) is 17.5. The van der Waals surface area contributed by atoms with Crippen LogP contribution in [0.15, 0.2) is 47.6 Å². The van der Waals surface area contributed by atoms with Gasteiger partial charge in [-0.2, -0.15) is 5.10 Å². The molecule has 24 heavy (non-hydrogen) atoms. The number of methoxy groups -OCH3 is 1. The number of nitrogens with one attached hydrogen (secondary N) is 2. The summed E-state index contributed by atoms with van der Waals surface area (Å²) in [6.07, 6.45) is 1.26. The Bertz CT molecular complexity index is 793. The van der Waals surface area contributed by atoms with Crippen molar-refractivity contribution in [3.8, 4) is 11.5 Å². The average Bonchev–Trinajstić information content (AvgIpc) is 2.58. The molecule has 0 atom stereocenters. The van der Waals surface area contributed by atoms with Gasteiger partial charge < -0.3 is 15.2 Å². The predicted molar refractivity (Wildman–Crippen MR) is 85.4 cm³/mol. The van der Waals surface area contributed by atoms with Crippen LogP contribution in [0.2, 0.25) is 0 Å². The molecule has 0 saturated carbocycles. The maximum absolute atomic E-state index is 13.4. The number of halogens is 1. The molecule has 0 bridgehead atoms. The molecule has 2 amide bonds.